The Morgan fingerprint density at radius 2 is 1.06 bits per heavy atom. The molecular weight excluding hydrogens is 464 g/mol. The van der Waals surface area contributed by atoms with Gasteiger partial charge in [-0.1, -0.05) is 139 Å². The predicted molar refractivity (Wildman–Crippen MR) is 158 cm³/mol. The zero-order valence-corrected chi connectivity index (χ0v) is 26.5. The number of rotatable bonds is 24. The highest BCUT2D eigenvalue weighted by Gasteiger charge is 2.47. The number of carboxylic acids is 1. The second-order valence-corrected chi connectivity index (χ2v) is 17.7. The van der Waals surface area contributed by atoms with Crippen molar-refractivity contribution in [2.45, 2.75) is 187 Å². The molecule has 0 rings (SSSR count). The molecule has 5 heteroatoms. The molecule has 0 amide bonds. The Hall–Kier alpha value is -0.393. The van der Waals surface area contributed by atoms with Crippen LogP contribution in [0.3, 0.4) is 0 Å². The number of aliphatic hydroxyl groups is 1. The fraction of sp³-hybridized carbons (Fsp3) is 0.968. The van der Waals surface area contributed by atoms with Crippen LogP contribution in [0.15, 0.2) is 0 Å². The lowest BCUT2D eigenvalue weighted by molar-refractivity contribution is -0.146. The van der Waals surface area contributed by atoms with E-state index in [2.05, 4.69) is 55.4 Å². The van der Waals surface area contributed by atoms with Gasteiger partial charge in [-0.2, -0.15) is 0 Å². The van der Waals surface area contributed by atoms with E-state index in [4.69, 9.17) is 4.43 Å². The van der Waals surface area contributed by atoms with Crippen LogP contribution in [0.4, 0.5) is 0 Å². The summed E-state index contributed by atoms with van der Waals surface area (Å²) in [4.78, 5) is 12.0. The molecule has 0 fully saturated rings. The van der Waals surface area contributed by atoms with Gasteiger partial charge in [0.1, 0.15) is 0 Å². The predicted octanol–water partition coefficient (Wildman–Crippen LogP) is 9.89. The molecule has 0 aliphatic carbocycles. The number of hydrogen-bond donors (Lipinski definition) is 2. The van der Waals surface area contributed by atoms with Gasteiger partial charge in [0.25, 0.3) is 0 Å². The van der Waals surface area contributed by atoms with Gasteiger partial charge in [0.2, 0.25) is 8.32 Å². The van der Waals surface area contributed by atoms with E-state index < -0.39 is 26.3 Å². The summed E-state index contributed by atoms with van der Waals surface area (Å²) < 4.78 is 7.12. The van der Waals surface area contributed by atoms with Crippen LogP contribution in [0, 0.1) is 5.92 Å². The van der Waals surface area contributed by atoms with Gasteiger partial charge in [0.15, 0.2) is 0 Å². The lowest BCUT2D eigenvalue weighted by Crippen LogP contribution is -2.51. The lowest BCUT2D eigenvalue weighted by atomic mass is 9.90. The van der Waals surface area contributed by atoms with Crippen molar-refractivity contribution in [3.05, 3.63) is 0 Å². The first-order chi connectivity index (χ1) is 17.0. The molecule has 0 radical (unpaired) electrons. The highest BCUT2D eigenvalue weighted by atomic mass is 28.4. The summed E-state index contributed by atoms with van der Waals surface area (Å²) in [6.45, 7) is 18.2. The fourth-order valence-electron chi connectivity index (χ4n) is 6.31. The molecule has 0 aliphatic rings. The van der Waals surface area contributed by atoms with Crippen LogP contribution in [0.5, 0.6) is 0 Å². The van der Waals surface area contributed by atoms with Crippen molar-refractivity contribution in [1.82, 2.24) is 0 Å². The largest absolute Gasteiger partial charge is 0.481 e. The standard InChI is InChI=1S/C31H64O4Si/c1-9-11-13-15-16-17-18-19-20-22-28(35-36(25(3)4,26(5)6)27(7)8)24-30(32)29(31(33)34)23-21-14-12-10-2/h25-30,32H,9-24H2,1-8H3,(H,33,34)/t28-,29-,30-/m0/s1. The molecule has 0 unspecified atom stereocenters. The summed E-state index contributed by atoms with van der Waals surface area (Å²) >= 11 is 0. The number of unbranched alkanes of at least 4 members (excludes halogenated alkanes) is 11. The van der Waals surface area contributed by atoms with Gasteiger partial charge < -0.3 is 14.6 Å². The van der Waals surface area contributed by atoms with Gasteiger partial charge >= 0.3 is 5.97 Å². The molecule has 36 heavy (non-hydrogen) atoms. The van der Waals surface area contributed by atoms with Crippen molar-refractivity contribution in [2.75, 3.05) is 0 Å². The van der Waals surface area contributed by atoms with Gasteiger partial charge in [0, 0.05) is 6.10 Å². The van der Waals surface area contributed by atoms with E-state index in [9.17, 15) is 15.0 Å². The third-order valence-electron chi connectivity index (χ3n) is 8.36. The average molecular weight is 529 g/mol. The normalized spacial score (nSPS) is 15.1. The Labute approximate surface area is 226 Å². The van der Waals surface area contributed by atoms with E-state index in [-0.39, 0.29) is 6.10 Å². The highest BCUT2D eigenvalue weighted by molar-refractivity contribution is 6.77. The summed E-state index contributed by atoms with van der Waals surface area (Å²) in [5, 5.41) is 21.0. The Morgan fingerprint density at radius 1 is 0.667 bits per heavy atom. The second kappa shape index (κ2) is 20.6. The molecule has 0 spiro atoms. The first-order valence-electron chi connectivity index (χ1n) is 15.6. The summed E-state index contributed by atoms with van der Waals surface area (Å²) in [5.74, 6) is -1.55. The Kier molecular flexibility index (Phi) is 20.3. The molecule has 0 aromatic rings. The minimum atomic E-state index is -2.11. The SMILES string of the molecule is CCCCCCCCCCC[C@@H](C[C@H](O)[C@H](CCCCCC)C(=O)O)O[Si](C(C)C)(C(C)C)C(C)C. The monoisotopic (exact) mass is 528 g/mol. The van der Waals surface area contributed by atoms with E-state index >= 15 is 0 Å². The molecule has 2 N–H and O–H groups in total. The van der Waals surface area contributed by atoms with E-state index in [1.165, 1.54) is 51.4 Å². The van der Waals surface area contributed by atoms with E-state index in [0.717, 1.165) is 38.5 Å². The number of carbonyl (C=O) groups is 1. The van der Waals surface area contributed by atoms with Crippen molar-refractivity contribution in [3.63, 3.8) is 0 Å². The summed E-state index contributed by atoms with van der Waals surface area (Å²) in [6, 6.07) is 0. The maximum atomic E-state index is 12.0. The van der Waals surface area contributed by atoms with Gasteiger partial charge in [0.05, 0.1) is 12.0 Å². The molecule has 0 aromatic carbocycles. The van der Waals surface area contributed by atoms with Gasteiger partial charge in [-0.3, -0.25) is 4.79 Å². The van der Waals surface area contributed by atoms with Crippen molar-refractivity contribution in [1.29, 1.82) is 0 Å². The third-order valence-corrected chi connectivity index (χ3v) is 14.5. The summed E-state index contributed by atoms with van der Waals surface area (Å²) in [7, 11) is -2.11. The zero-order chi connectivity index (χ0) is 27.6. The molecular formula is C31H64O4Si. The smallest absolute Gasteiger partial charge is 0.309 e. The average Bonchev–Trinajstić information content (AvgIpc) is 2.79. The van der Waals surface area contributed by atoms with Crippen molar-refractivity contribution >= 4 is 14.3 Å². The number of aliphatic hydroxyl groups excluding tert-OH is 1. The second-order valence-electron chi connectivity index (χ2n) is 12.3. The van der Waals surface area contributed by atoms with Crippen LogP contribution in [-0.4, -0.2) is 36.7 Å². The molecule has 216 valence electrons. The first kappa shape index (κ1) is 35.6. The number of carboxylic acid groups (broad SMARTS) is 1. The van der Waals surface area contributed by atoms with Crippen LogP contribution < -0.4 is 0 Å². The Bertz CT molecular complexity index is 513. The Balaban J connectivity index is 5.26. The topological polar surface area (TPSA) is 66.8 Å². The molecule has 0 saturated carbocycles. The van der Waals surface area contributed by atoms with Crippen molar-refractivity contribution in [2.24, 2.45) is 5.92 Å². The fourth-order valence-corrected chi connectivity index (χ4v) is 11.9. The van der Waals surface area contributed by atoms with Crippen LogP contribution >= 0.6 is 0 Å². The first-order valence-corrected chi connectivity index (χ1v) is 17.8. The highest BCUT2D eigenvalue weighted by Crippen LogP contribution is 2.44. The molecule has 0 saturated heterocycles. The molecule has 4 nitrogen and oxygen atoms in total. The maximum absolute atomic E-state index is 12.0. The zero-order valence-electron chi connectivity index (χ0n) is 25.5. The van der Waals surface area contributed by atoms with E-state index in [1.807, 2.05) is 0 Å². The summed E-state index contributed by atoms with van der Waals surface area (Å²) in [6.07, 6.45) is 16.7. The molecule has 0 aromatic heterocycles. The molecule has 0 aliphatic heterocycles. The van der Waals surface area contributed by atoms with E-state index in [0.29, 0.717) is 29.5 Å². The minimum Gasteiger partial charge on any atom is -0.481 e. The molecule has 3 atom stereocenters. The third kappa shape index (κ3) is 13.4. The van der Waals surface area contributed by atoms with E-state index in [1.54, 1.807) is 0 Å². The van der Waals surface area contributed by atoms with Gasteiger partial charge in [-0.05, 0) is 35.9 Å². The summed E-state index contributed by atoms with van der Waals surface area (Å²) in [5.41, 5.74) is 1.43. The van der Waals surface area contributed by atoms with Crippen LogP contribution in [-0.2, 0) is 9.22 Å². The number of hydrogen-bond acceptors (Lipinski definition) is 3. The van der Waals surface area contributed by atoms with Crippen molar-refractivity contribution < 1.29 is 19.4 Å². The lowest BCUT2D eigenvalue weighted by Gasteiger charge is -2.45. The molecule has 0 heterocycles. The van der Waals surface area contributed by atoms with Crippen LogP contribution in [0.1, 0.15) is 158 Å². The number of aliphatic carboxylic acids is 1. The van der Waals surface area contributed by atoms with Crippen LogP contribution in [0.25, 0.3) is 0 Å². The van der Waals surface area contributed by atoms with Gasteiger partial charge in [-0.15, -0.1) is 0 Å². The molecule has 0 bridgehead atoms. The quantitative estimate of drug-likeness (QED) is 0.0966. The minimum absolute atomic E-state index is 0.0547. The van der Waals surface area contributed by atoms with Crippen molar-refractivity contribution in [3.8, 4) is 0 Å². The van der Waals surface area contributed by atoms with Gasteiger partial charge in [-0.25, -0.2) is 0 Å². The van der Waals surface area contributed by atoms with Crippen LogP contribution in [0.2, 0.25) is 16.6 Å². The Morgan fingerprint density at radius 3 is 1.47 bits per heavy atom. The maximum Gasteiger partial charge on any atom is 0.309 e.